The van der Waals surface area contributed by atoms with Gasteiger partial charge in [0.15, 0.2) is 0 Å². The number of sulfonamides is 1. The highest BCUT2D eigenvalue weighted by Gasteiger charge is 2.02. The first-order valence-corrected chi connectivity index (χ1v) is 6.20. The maximum Gasteiger partial charge on any atom is 0.221 e. The van der Waals surface area contributed by atoms with Gasteiger partial charge in [-0.05, 0) is 6.92 Å². The molecule has 0 aliphatic rings. The number of hydrogen-bond acceptors (Lipinski definition) is 3. The average Bonchev–Trinajstić information content (AvgIpc) is 1.67. The Labute approximate surface area is 60.6 Å². The molecule has 0 saturated carbocycles. The summed E-state index contributed by atoms with van der Waals surface area (Å²) >= 11 is 2.85. The molecule has 0 saturated heterocycles. The van der Waals surface area contributed by atoms with Crippen LogP contribution in [-0.4, -0.2) is 14.2 Å². The minimum atomic E-state index is -3.00. The van der Waals surface area contributed by atoms with Crippen LogP contribution in [0.2, 0.25) is 0 Å². The zero-order chi connectivity index (χ0) is 6.62. The lowest BCUT2D eigenvalue weighted by molar-refractivity contribution is 0.596. The van der Waals surface area contributed by atoms with Gasteiger partial charge in [-0.2, -0.15) is 0 Å². The molecule has 0 aromatic heterocycles. The average molecular weight is 220 g/mol. The van der Waals surface area contributed by atoms with E-state index in [4.69, 9.17) is 0 Å². The topological polar surface area (TPSA) is 46.2 Å². The van der Waals surface area contributed by atoms with E-state index in [0.717, 1.165) is 10.4 Å². The van der Waals surface area contributed by atoms with E-state index in [-0.39, 0.29) is 5.75 Å². The Morgan fingerprint density at radius 3 is 2.38 bits per heavy atom. The van der Waals surface area contributed by atoms with Crippen LogP contribution in [0.3, 0.4) is 0 Å². The molecule has 3 nitrogen and oxygen atoms in total. The van der Waals surface area contributed by atoms with Gasteiger partial charge in [-0.15, -0.1) is 4.13 Å². The van der Waals surface area contributed by atoms with Crippen molar-refractivity contribution in [2.45, 2.75) is 6.92 Å². The van der Waals surface area contributed by atoms with Gasteiger partial charge in [0.1, 0.15) is 0 Å². The van der Waals surface area contributed by atoms with Crippen molar-refractivity contribution in [2.24, 2.45) is 0 Å². The second kappa shape index (κ2) is 3.71. The molecule has 0 amide bonds. The zero-order valence-corrected chi connectivity index (χ0v) is 7.44. The molecule has 0 atom stereocenters. The molecule has 0 bridgehead atoms. The highest BCUT2D eigenvalue weighted by molar-refractivity contribution is 9.50. The first-order valence-electron chi connectivity index (χ1n) is 1.89. The normalized spacial score (nSPS) is 11.8. The van der Waals surface area contributed by atoms with E-state index in [1.807, 2.05) is 0 Å². The minimum Gasteiger partial charge on any atom is -0.212 e. The van der Waals surface area contributed by atoms with E-state index < -0.39 is 10.0 Å². The van der Waals surface area contributed by atoms with Gasteiger partial charge in [0.2, 0.25) is 10.0 Å². The summed E-state index contributed by atoms with van der Waals surface area (Å²) in [7, 11) is -2.10. The lowest BCUT2D eigenvalue weighted by Crippen LogP contribution is -2.16. The Kier molecular flexibility index (Phi) is 4.05. The van der Waals surface area contributed by atoms with E-state index in [0.29, 0.717) is 0 Å². The van der Waals surface area contributed by atoms with Crippen molar-refractivity contribution >= 4 is 35.2 Å². The van der Waals surface area contributed by atoms with Crippen LogP contribution in [0, 0.1) is 0 Å². The van der Waals surface area contributed by atoms with Gasteiger partial charge >= 0.3 is 0 Å². The highest BCUT2D eigenvalue weighted by Crippen LogP contribution is 2.05. The second-order valence-corrected chi connectivity index (χ2v) is 4.66. The fraction of sp³-hybridized carbons (Fsp3) is 1.00. The third-order valence-electron chi connectivity index (χ3n) is 0.539. The van der Waals surface area contributed by atoms with Gasteiger partial charge in [0.05, 0.1) is 5.75 Å². The molecule has 0 aliphatic heterocycles. The predicted molar refractivity (Wildman–Crippen MR) is 39.1 cm³/mol. The molecule has 0 fully saturated rings. The van der Waals surface area contributed by atoms with Crippen molar-refractivity contribution in [2.75, 3.05) is 5.75 Å². The van der Waals surface area contributed by atoms with Crippen LogP contribution < -0.4 is 4.13 Å². The monoisotopic (exact) mass is 219 g/mol. The minimum absolute atomic E-state index is 0.117. The van der Waals surface area contributed by atoms with Gasteiger partial charge < -0.3 is 0 Å². The fourth-order valence-electron chi connectivity index (χ4n) is 0.107. The molecular formula is C2H6BrNO2S2. The summed E-state index contributed by atoms with van der Waals surface area (Å²) in [5, 5.41) is 0. The van der Waals surface area contributed by atoms with Gasteiger partial charge in [0.25, 0.3) is 0 Å². The molecular weight excluding hydrogens is 214 g/mol. The Bertz CT molecular complexity index is 142. The first-order chi connectivity index (χ1) is 3.62. The predicted octanol–water partition coefficient (Wildman–Crippen LogP) is 0.884. The summed E-state index contributed by atoms with van der Waals surface area (Å²) in [5.41, 5.74) is 0. The molecule has 0 heterocycles. The maximum absolute atomic E-state index is 10.4. The van der Waals surface area contributed by atoms with Crippen LogP contribution in [0.1, 0.15) is 6.92 Å². The van der Waals surface area contributed by atoms with Crippen molar-refractivity contribution in [1.29, 1.82) is 0 Å². The van der Waals surface area contributed by atoms with Crippen LogP contribution in [0.4, 0.5) is 0 Å². The quantitative estimate of drug-likeness (QED) is 0.718. The van der Waals surface area contributed by atoms with E-state index in [9.17, 15) is 8.42 Å². The molecule has 0 radical (unpaired) electrons. The van der Waals surface area contributed by atoms with Crippen molar-refractivity contribution in [3.8, 4) is 0 Å². The van der Waals surface area contributed by atoms with Gasteiger partial charge in [-0.25, -0.2) is 8.42 Å². The van der Waals surface area contributed by atoms with Crippen molar-refractivity contribution in [1.82, 2.24) is 4.13 Å². The SMILES string of the molecule is CCS(=O)(=O)NSBr. The van der Waals surface area contributed by atoms with Gasteiger partial charge in [0, 0.05) is 25.2 Å². The lowest BCUT2D eigenvalue weighted by atomic mass is 11.0. The molecule has 0 aliphatic carbocycles. The van der Waals surface area contributed by atoms with Crippen LogP contribution in [0.25, 0.3) is 0 Å². The van der Waals surface area contributed by atoms with E-state index in [2.05, 4.69) is 18.9 Å². The summed E-state index contributed by atoms with van der Waals surface area (Å²) in [6.07, 6.45) is 0. The zero-order valence-electron chi connectivity index (χ0n) is 4.22. The van der Waals surface area contributed by atoms with Gasteiger partial charge in [-0.1, -0.05) is 0 Å². The lowest BCUT2D eigenvalue weighted by Gasteiger charge is -1.94. The standard InChI is InChI=1S/C2H6BrNO2S2/c1-2-8(5,6)4-7-3/h4H,2H2,1H3. The number of nitrogens with one attached hydrogen (secondary N) is 1. The van der Waals surface area contributed by atoms with E-state index in [1.165, 1.54) is 0 Å². The largest absolute Gasteiger partial charge is 0.221 e. The van der Waals surface area contributed by atoms with Crippen molar-refractivity contribution in [3.63, 3.8) is 0 Å². The maximum atomic E-state index is 10.4. The summed E-state index contributed by atoms with van der Waals surface area (Å²) < 4.78 is 23.1. The van der Waals surface area contributed by atoms with Crippen molar-refractivity contribution < 1.29 is 8.42 Å². The summed E-state index contributed by atoms with van der Waals surface area (Å²) in [6.45, 7) is 1.57. The smallest absolute Gasteiger partial charge is 0.212 e. The summed E-state index contributed by atoms with van der Waals surface area (Å²) in [6, 6.07) is 0. The Morgan fingerprint density at radius 2 is 2.25 bits per heavy atom. The molecule has 0 spiro atoms. The fourth-order valence-corrected chi connectivity index (χ4v) is 2.77. The van der Waals surface area contributed by atoms with Crippen LogP contribution in [0.5, 0.6) is 0 Å². The molecule has 0 aromatic carbocycles. The highest BCUT2D eigenvalue weighted by atomic mass is 79.9. The molecule has 0 rings (SSSR count). The summed E-state index contributed by atoms with van der Waals surface area (Å²) in [4.78, 5) is 0. The van der Waals surface area contributed by atoms with E-state index >= 15 is 0 Å². The van der Waals surface area contributed by atoms with Crippen LogP contribution in [0.15, 0.2) is 0 Å². The number of halogens is 1. The Balaban J connectivity index is 3.76. The van der Waals surface area contributed by atoms with Gasteiger partial charge in [-0.3, -0.25) is 0 Å². The first kappa shape index (κ1) is 8.74. The Hall–Kier alpha value is 0.740. The molecule has 1 N–H and O–H groups in total. The molecule has 0 unspecified atom stereocenters. The summed E-state index contributed by atoms with van der Waals surface area (Å²) in [5.74, 6) is 0.117. The third-order valence-corrected chi connectivity index (χ3v) is 3.76. The number of hydrogen-bond donors (Lipinski definition) is 1. The molecule has 0 aromatic rings. The van der Waals surface area contributed by atoms with Crippen LogP contribution >= 0.6 is 25.2 Å². The third kappa shape index (κ3) is 3.71. The molecule has 8 heavy (non-hydrogen) atoms. The molecule has 6 heteroatoms. The number of rotatable bonds is 3. The second-order valence-electron chi connectivity index (χ2n) is 1.06. The molecule has 50 valence electrons. The Morgan fingerprint density at radius 1 is 1.75 bits per heavy atom. The van der Waals surface area contributed by atoms with Crippen molar-refractivity contribution in [3.05, 3.63) is 0 Å². The van der Waals surface area contributed by atoms with E-state index in [1.54, 1.807) is 6.92 Å². The van der Waals surface area contributed by atoms with Crippen LogP contribution in [-0.2, 0) is 10.0 Å².